The Morgan fingerprint density at radius 1 is 1.20 bits per heavy atom. The van der Waals surface area contributed by atoms with E-state index in [0.717, 1.165) is 18.9 Å². The van der Waals surface area contributed by atoms with Crippen molar-refractivity contribution in [3.8, 4) is 11.5 Å². The maximum absolute atomic E-state index is 12.5. The van der Waals surface area contributed by atoms with E-state index in [1.165, 1.54) is 36.0 Å². The molecule has 0 saturated heterocycles. The molecule has 0 bridgehead atoms. The van der Waals surface area contributed by atoms with Crippen molar-refractivity contribution in [3.63, 3.8) is 0 Å². The van der Waals surface area contributed by atoms with E-state index < -0.39 is 23.8 Å². The van der Waals surface area contributed by atoms with Gasteiger partial charge < -0.3 is 18.8 Å². The van der Waals surface area contributed by atoms with Crippen molar-refractivity contribution >= 4 is 23.2 Å². The predicted molar refractivity (Wildman–Crippen MR) is 124 cm³/mol. The summed E-state index contributed by atoms with van der Waals surface area (Å²) >= 11 is 0. The first-order chi connectivity index (χ1) is 16.8. The summed E-state index contributed by atoms with van der Waals surface area (Å²) in [4.78, 5) is 43.7. The number of nitrogens with zero attached hydrogens (tertiary/aromatic N) is 3. The van der Waals surface area contributed by atoms with Crippen LogP contribution >= 0.6 is 0 Å². The highest BCUT2D eigenvalue weighted by Crippen LogP contribution is 2.29. The highest BCUT2D eigenvalue weighted by molar-refractivity contribution is 5.87. The molecule has 0 aliphatic heterocycles. The average Bonchev–Trinajstić information content (AvgIpc) is 3.20. The zero-order valence-electron chi connectivity index (χ0n) is 19.5. The van der Waals surface area contributed by atoms with Gasteiger partial charge in [-0.2, -0.15) is 8.78 Å². The molecular weight excluding hydrogens is 466 g/mol. The molecule has 3 rings (SSSR count). The number of carbonyl (C=O) groups excluding carboxylic acids is 1. The molecule has 35 heavy (non-hydrogen) atoms. The number of fused-ring (bicyclic) bond motifs is 1. The van der Waals surface area contributed by atoms with E-state index in [9.17, 15) is 23.2 Å². The van der Waals surface area contributed by atoms with Crippen LogP contribution in [0.15, 0.2) is 33.9 Å². The predicted octanol–water partition coefficient (Wildman–Crippen LogP) is 3.07. The third kappa shape index (κ3) is 5.94. The first-order valence-corrected chi connectivity index (χ1v) is 11.0. The largest absolute Gasteiger partial charge is 0.493 e. The number of rotatable bonds is 11. The Bertz CT molecular complexity index is 1340. The van der Waals surface area contributed by atoms with E-state index in [2.05, 4.69) is 14.7 Å². The molecule has 0 saturated carbocycles. The van der Waals surface area contributed by atoms with Gasteiger partial charge in [0.25, 0.3) is 5.56 Å². The Balaban J connectivity index is 1.78. The van der Waals surface area contributed by atoms with Crippen LogP contribution in [0, 0.1) is 0 Å². The molecule has 0 unspecified atom stereocenters. The van der Waals surface area contributed by atoms with Crippen LogP contribution in [0.5, 0.6) is 11.5 Å². The lowest BCUT2D eigenvalue weighted by molar-refractivity contribution is -0.139. The Kier molecular flexibility index (Phi) is 8.39. The van der Waals surface area contributed by atoms with Crippen LogP contribution in [0.1, 0.15) is 38.1 Å². The molecular formula is C23H26F2N4O6. The van der Waals surface area contributed by atoms with Crippen LogP contribution < -0.4 is 20.7 Å². The number of aromatic nitrogens is 4. The highest BCUT2D eigenvalue weighted by Gasteiger charge is 2.18. The molecule has 0 aliphatic rings. The summed E-state index contributed by atoms with van der Waals surface area (Å²) < 4.78 is 42.6. The number of esters is 1. The fourth-order valence-electron chi connectivity index (χ4n) is 3.52. The summed E-state index contributed by atoms with van der Waals surface area (Å²) in [6.07, 6.45) is 4.17. The van der Waals surface area contributed by atoms with Crippen molar-refractivity contribution in [2.75, 3.05) is 7.11 Å². The SMILES string of the molecule is CCCCn1c(=O)[nH]c(=O)c2c1nc(COC(=O)/C=C/c1ccc(OC(F)F)c(OC)c1)n2CC. The Morgan fingerprint density at radius 3 is 2.63 bits per heavy atom. The summed E-state index contributed by atoms with van der Waals surface area (Å²) in [7, 11) is 1.31. The minimum absolute atomic E-state index is 0.0804. The second kappa shape index (κ2) is 11.4. The third-order valence-electron chi connectivity index (χ3n) is 5.18. The van der Waals surface area contributed by atoms with Crippen LogP contribution in [0.3, 0.4) is 0 Å². The number of aromatic amines is 1. The first kappa shape index (κ1) is 25.7. The van der Waals surface area contributed by atoms with Crippen molar-refractivity contribution < 1.29 is 27.8 Å². The number of methoxy groups -OCH3 is 1. The standard InChI is InChI=1S/C23H26F2N4O6/c1-4-6-11-29-20-19(21(31)27-23(29)32)28(5-2)17(26-20)13-34-18(30)10-8-14-7-9-15(35-22(24)25)16(12-14)33-3/h7-10,12,22H,4-6,11,13H2,1-3H3,(H,27,31,32)/b10-8+. The van der Waals surface area contributed by atoms with Gasteiger partial charge in [0.15, 0.2) is 22.7 Å². The summed E-state index contributed by atoms with van der Waals surface area (Å²) in [5.74, 6) is -0.422. The smallest absolute Gasteiger partial charge is 0.387 e. The van der Waals surface area contributed by atoms with Gasteiger partial charge in [0.1, 0.15) is 12.4 Å². The van der Waals surface area contributed by atoms with Gasteiger partial charge in [-0.1, -0.05) is 19.4 Å². The second-order valence-corrected chi connectivity index (χ2v) is 7.44. The molecule has 10 nitrogen and oxygen atoms in total. The number of hydrogen-bond donors (Lipinski definition) is 1. The summed E-state index contributed by atoms with van der Waals surface area (Å²) in [6, 6.07) is 4.21. The van der Waals surface area contributed by atoms with E-state index in [-0.39, 0.29) is 29.3 Å². The van der Waals surface area contributed by atoms with Crippen LogP contribution in [0.25, 0.3) is 17.2 Å². The number of halogens is 2. The number of H-pyrrole nitrogens is 1. The monoisotopic (exact) mass is 492 g/mol. The van der Waals surface area contributed by atoms with Crippen LogP contribution in [-0.2, 0) is 29.2 Å². The average molecular weight is 492 g/mol. The van der Waals surface area contributed by atoms with Crippen molar-refractivity contribution in [3.05, 3.63) is 56.5 Å². The molecule has 188 valence electrons. The van der Waals surface area contributed by atoms with Gasteiger partial charge in [0, 0.05) is 19.2 Å². The number of nitrogens with one attached hydrogen (secondary N) is 1. The van der Waals surface area contributed by atoms with Crippen LogP contribution in [0.2, 0.25) is 0 Å². The first-order valence-electron chi connectivity index (χ1n) is 11.0. The number of alkyl halides is 2. The second-order valence-electron chi connectivity index (χ2n) is 7.44. The molecule has 2 aromatic heterocycles. The molecule has 0 spiro atoms. The number of hydrogen-bond acceptors (Lipinski definition) is 7. The summed E-state index contributed by atoms with van der Waals surface area (Å²) in [5, 5.41) is 0. The minimum Gasteiger partial charge on any atom is -0.493 e. The van der Waals surface area contributed by atoms with Crippen molar-refractivity contribution in [1.82, 2.24) is 19.1 Å². The van der Waals surface area contributed by atoms with Crippen molar-refractivity contribution in [1.29, 1.82) is 0 Å². The molecule has 3 aromatic rings. The number of benzene rings is 1. The zero-order valence-corrected chi connectivity index (χ0v) is 19.5. The van der Waals surface area contributed by atoms with Gasteiger partial charge in [0.05, 0.1) is 7.11 Å². The zero-order chi connectivity index (χ0) is 25.5. The van der Waals surface area contributed by atoms with Gasteiger partial charge in [-0.15, -0.1) is 0 Å². The third-order valence-corrected chi connectivity index (χ3v) is 5.18. The summed E-state index contributed by atoms with van der Waals surface area (Å²) in [5.41, 5.74) is -0.120. The number of carbonyl (C=O) groups is 1. The molecule has 0 aliphatic carbocycles. The Morgan fingerprint density at radius 2 is 1.97 bits per heavy atom. The number of imidazole rings is 1. The van der Waals surface area contributed by atoms with Crippen molar-refractivity contribution in [2.24, 2.45) is 0 Å². The van der Waals surface area contributed by atoms with Gasteiger partial charge in [-0.05, 0) is 37.1 Å². The normalized spacial score (nSPS) is 11.5. The maximum atomic E-state index is 12.5. The molecule has 1 aromatic carbocycles. The molecule has 1 N–H and O–H groups in total. The van der Waals surface area contributed by atoms with E-state index in [1.807, 2.05) is 13.8 Å². The van der Waals surface area contributed by atoms with E-state index in [4.69, 9.17) is 9.47 Å². The topological polar surface area (TPSA) is 117 Å². The lowest BCUT2D eigenvalue weighted by Gasteiger charge is -2.10. The number of ether oxygens (including phenoxy) is 3. The fourth-order valence-corrected chi connectivity index (χ4v) is 3.52. The lowest BCUT2D eigenvalue weighted by atomic mass is 10.2. The van der Waals surface area contributed by atoms with E-state index in [1.54, 1.807) is 4.57 Å². The van der Waals surface area contributed by atoms with Gasteiger partial charge in [-0.3, -0.25) is 14.3 Å². The van der Waals surface area contributed by atoms with E-state index >= 15 is 0 Å². The quantitative estimate of drug-likeness (QED) is 0.323. The number of unbranched alkanes of at least 4 members (excludes halogenated alkanes) is 1. The maximum Gasteiger partial charge on any atom is 0.387 e. The minimum atomic E-state index is -3.00. The number of aryl methyl sites for hydroxylation is 2. The van der Waals surface area contributed by atoms with Crippen molar-refractivity contribution in [2.45, 2.75) is 53.0 Å². The van der Waals surface area contributed by atoms with Gasteiger partial charge in [-0.25, -0.2) is 14.6 Å². The fraction of sp³-hybridized carbons (Fsp3) is 0.391. The molecule has 12 heteroatoms. The lowest BCUT2D eigenvalue weighted by Crippen LogP contribution is -2.31. The summed E-state index contributed by atoms with van der Waals surface area (Å²) in [6.45, 7) is 1.35. The van der Waals surface area contributed by atoms with Gasteiger partial charge >= 0.3 is 18.3 Å². The highest BCUT2D eigenvalue weighted by atomic mass is 19.3. The molecule has 0 atom stereocenters. The van der Waals surface area contributed by atoms with E-state index in [0.29, 0.717) is 24.5 Å². The Hall–Kier alpha value is -3.96. The molecule has 0 fully saturated rings. The molecule has 0 radical (unpaired) electrons. The van der Waals surface area contributed by atoms with Crippen LogP contribution in [0.4, 0.5) is 8.78 Å². The molecule has 2 heterocycles. The van der Waals surface area contributed by atoms with Gasteiger partial charge in [0.2, 0.25) is 0 Å². The Labute approximate surface area is 198 Å². The molecule has 0 amide bonds. The van der Waals surface area contributed by atoms with Crippen LogP contribution in [-0.4, -0.2) is 38.8 Å².